The SMILES string of the molecule is COc1ccccc1SC[C@@H](C)CO.Cc1ccc(S(=O)(=O)[O-])cc1. The number of ether oxygens (including phenoxy) is 1. The second-order valence-electron chi connectivity index (χ2n) is 5.52. The minimum absolute atomic E-state index is 0.178. The number of benzene rings is 2. The van der Waals surface area contributed by atoms with Crippen molar-refractivity contribution in [2.75, 3.05) is 19.5 Å². The lowest BCUT2D eigenvalue weighted by Crippen LogP contribution is -2.03. The van der Waals surface area contributed by atoms with E-state index in [1.54, 1.807) is 31.0 Å². The van der Waals surface area contributed by atoms with E-state index in [9.17, 15) is 13.0 Å². The number of aliphatic hydroxyl groups excluding tert-OH is 1. The molecule has 0 heterocycles. The van der Waals surface area contributed by atoms with Crippen molar-refractivity contribution >= 4 is 21.9 Å². The molecule has 5 nitrogen and oxygen atoms in total. The van der Waals surface area contributed by atoms with Gasteiger partial charge in [-0.25, -0.2) is 8.42 Å². The molecule has 138 valence electrons. The zero-order valence-electron chi connectivity index (χ0n) is 14.5. The molecule has 0 amide bonds. The van der Waals surface area contributed by atoms with Crippen molar-refractivity contribution in [3.05, 3.63) is 54.1 Å². The lowest BCUT2D eigenvalue weighted by Gasteiger charge is -2.10. The first-order chi connectivity index (χ1) is 11.8. The highest BCUT2D eigenvalue weighted by Gasteiger charge is 2.05. The van der Waals surface area contributed by atoms with Crippen LogP contribution in [0.4, 0.5) is 0 Å². The summed E-state index contributed by atoms with van der Waals surface area (Å²) in [6.45, 7) is 4.09. The van der Waals surface area contributed by atoms with Crippen LogP contribution in [0.15, 0.2) is 58.3 Å². The van der Waals surface area contributed by atoms with Gasteiger partial charge in [0.2, 0.25) is 0 Å². The van der Waals surface area contributed by atoms with Crippen LogP contribution in [0.3, 0.4) is 0 Å². The summed E-state index contributed by atoms with van der Waals surface area (Å²) in [5, 5.41) is 8.89. The minimum Gasteiger partial charge on any atom is -0.744 e. The van der Waals surface area contributed by atoms with Gasteiger partial charge >= 0.3 is 0 Å². The third kappa shape index (κ3) is 7.92. The van der Waals surface area contributed by atoms with Crippen LogP contribution in [-0.4, -0.2) is 37.5 Å². The molecule has 2 rings (SSSR count). The lowest BCUT2D eigenvalue weighted by molar-refractivity contribution is 0.250. The number of methoxy groups -OCH3 is 1. The molecule has 0 aromatic heterocycles. The van der Waals surface area contributed by atoms with Crippen LogP contribution >= 0.6 is 11.8 Å². The van der Waals surface area contributed by atoms with Gasteiger partial charge in [-0.15, -0.1) is 11.8 Å². The van der Waals surface area contributed by atoms with E-state index in [-0.39, 0.29) is 11.5 Å². The van der Waals surface area contributed by atoms with E-state index in [2.05, 4.69) is 0 Å². The molecule has 2 aromatic rings. The first-order valence-electron chi connectivity index (χ1n) is 7.67. The van der Waals surface area contributed by atoms with E-state index in [4.69, 9.17) is 9.84 Å². The van der Waals surface area contributed by atoms with Crippen molar-refractivity contribution in [1.29, 1.82) is 0 Å². The maximum atomic E-state index is 10.4. The van der Waals surface area contributed by atoms with E-state index < -0.39 is 10.1 Å². The Morgan fingerprint density at radius 1 is 1.16 bits per heavy atom. The quantitative estimate of drug-likeness (QED) is 0.608. The summed E-state index contributed by atoms with van der Waals surface area (Å²) in [5.74, 6) is 2.14. The minimum atomic E-state index is -4.27. The van der Waals surface area contributed by atoms with Crippen molar-refractivity contribution < 1.29 is 22.8 Å². The van der Waals surface area contributed by atoms with Crippen LogP contribution in [-0.2, 0) is 10.1 Å². The maximum absolute atomic E-state index is 10.4. The monoisotopic (exact) mass is 383 g/mol. The highest BCUT2D eigenvalue weighted by atomic mass is 32.2. The van der Waals surface area contributed by atoms with Gasteiger partial charge in [0.15, 0.2) is 0 Å². The van der Waals surface area contributed by atoms with E-state index in [0.717, 1.165) is 22.0 Å². The molecule has 25 heavy (non-hydrogen) atoms. The second kappa shape index (κ2) is 10.5. The van der Waals surface area contributed by atoms with Crippen LogP contribution in [0.5, 0.6) is 5.75 Å². The fourth-order valence-electron chi connectivity index (χ4n) is 1.73. The molecule has 0 saturated heterocycles. The van der Waals surface area contributed by atoms with Crippen LogP contribution in [0.2, 0.25) is 0 Å². The summed E-state index contributed by atoms with van der Waals surface area (Å²) >= 11 is 1.72. The Kier molecular flexibility index (Phi) is 8.99. The third-order valence-corrected chi connectivity index (χ3v) is 5.45. The first kappa shape index (κ1) is 21.5. The van der Waals surface area contributed by atoms with Gasteiger partial charge in [-0.1, -0.05) is 36.8 Å². The van der Waals surface area contributed by atoms with Gasteiger partial charge in [-0.2, -0.15) is 0 Å². The fraction of sp³-hybridized carbons (Fsp3) is 0.333. The Hall–Kier alpha value is -1.54. The van der Waals surface area contributed by atoms with Crippen molar-refractivity contribution in [3.63, 3.8) is 0 Å². The second-order valence-corrected chi connectivity index (χ2v) is 7.96. The highest BCUT2D eigenvalue weighted by molar-refractivity contribution is 7.99. The Labute approximate surface area is 153 Å². The van der Waals surface area contributed by atoms with Crippen molar-refractivity contribution in [2.24, 2.45) is 5.92 Å². The predicted molar refractivity (Wildman–Crippen MR) is 99.1 cm³/mol. The predicted octanol–water partition coefficient (Wildman–Crippen LogP) is 3.31. The summed E-state index contributed by atoms with van der Waals surface area (Å²) in [7, 11) is -2.59. The van der Waals surface area contributed by atoms with Crippen LogP contribution in [0.25, 0.3) is 0 Å². The number of aryl methyl sites for hydroxylation is 1. The molecule has 0 bridgehead atoms. The number of thioether (sulfide) groups is 1. The van der Waals surface area contributed by atoms with Gasteiger partial charge in [0.25, 0.3) is 0 Å². The molecule has 2 aromatic carbocycles. The summed E-state index contributed by atoms with van der Waals surface area (Å²) in [6, 6.07) is 13.7. The topological polar surface area (TPSA) is 86.7 Å². The molecular formula is C18H23O5S2-. The molecule has 0 fully saturated rings. The lowest BCUT2D eigenvalue weighted by atomic mass is 10.2. The number of hydrogen-bond acceptors (Lipinski definition) is 6. The average Bonchev–Trinajstić information content (AvgIpc) is 2.60. The average molecular weight is 384 g/mol. The molecule has 0 saturated carbocycles. The molecule has 1 N–H and O–H groups in total. The summed E-state index contributed by atoms with van der Waals surface area (Å²) < 4.78 is 36.4. The van der Waals surface area contributed by atoms with Gasteiger partial charge in [0.05, 0.1) is 12.0 Å². The number of hydrogen-bond donors (Lipinski definition) is 1. The number of aliphatic hydroxyl groups is 1. The van der Waals surface area contributed by atoms with E-state index >= 15 is 0 Å². The van der Waals surface area contributed by atoms with Crippen molar-refractivity contribution in [3.8, 4) is 5.75 Å². The van der Waals surface area contributed by atoms with Gasteiger partial charge < -0.3 is 14.4 Å². The smallest absolute Gasteiger partial charge is 0.132 e. The van der Waals surface area contributed by atoms with E-state index in [1.165, 1.54) is 12.1 Å². The standard InChI is InChI=1S/C11H16O2S.C7H8O3S/c1-9(7-12)8-14-11-6-4-3-5-10(11)13-2;1-6-2-4-7(5-3-6)11(8,9)10/h3-6,9,12H,7-8H2,1-2H3;2-5H,1H3,(H,8,9,10)/p-1/t9-;/m0./s1. The number of para-hydroxylation sites is 1. The molecule has 0 unspecified atom stereocenters. The number of rotatable bonds is 6. The maximum Gasteiger partial charge on any atom is 0.132 e. The Bertz CT molecular complexity index is 742. The summed E-state index contributed by atoms with van der Waals surface area (Å²) in [4.78, 5) is 0.957. The van der Waals surface area contributed by atoms with Gasteiger partial charge in [0, 0.05) is 17.3 Å². The molecule has 0 spiro atoms. The normalized spacial score (nSPS) is 12.0. The van der Waals surface area contributed by atoms with Gasteiger partial charge in [-0.05, 0) is 37.1 Å². The largest absolute Gasteiger partial charge is 0.744 e. The zero-order chi connectivity index (χ0) is 18.9. The summed E-state index contributed by atoms with van der Waals surface area (Å²) in [6.07, 6.45) is 0. The Morgan fingerprint density at radius 2 is 1.76 bits per heavy atom. The molecular weight excluding hydrogens is 360 g/mol. The van der Waals surface area contributed by atoms with E-state index in [0.29, 0.717) is 5.92 Å². The molecule has 0 radical (unpaired) electrons. The van der Waals surface area contributed by atoms with Crippen molar-refractivity contribution in [2.45, 2.75) is 23.6 Å². The van der Waals surface area contributed by atoms with Crippen molar-refractivity contribution in [1.82, 2.24) is 0 Å². The fourth-order valence-corrected chi connectivity index (χ4v) is 3.24. The van der Waals surface area contributed by atoms with Gasteiger partial charge in [-0.3, -0.25) is 0 Å². The Morgan fingerprint density at radius 3 is 2.28 bits per heavy atom. The third-order valence-electron chi connectivity index (χ3n) is 3.21. The highest BCUT2D eigenvalue weighted by Crippen LogP contribution is 2.29. The van der Waals surface area contributed by atoms with Crippen LogP contribution in [0, 0.1) is 12.8 Å². The van der Waals surface area contributed by atoms with E-state index in [1.807, 2.05) is 38.1 Å². The zero-order valence-corrected chi connectivity index (χ0v) is 16.1. The summed E-state index contributed by atoms with van der Waals surface area (Å²) in [5.41, 5.74) is 0.928. The Balaban J connectivity index is 0.000000257. The first-order valence-corrected chi connectivity index (χ1v) is 10.1. The molecule has 0 aliphatic carbocycles. The van der Waals surface area contributed by atoms with Crippen LogP contribution < -0.4 is 4.74 Å². The molecule has 1 atom stereocenters. The molecule has 0 aliphatic rings. The molecule has 0 aliphatic heterocycles. The van der Waals surface area contributed by atoms with Crippen LogP contribution in [0.1, 0.15) is 12.5 Å². The molecule has 7 heteroatoms. The van der Waals surface area contributed by atoms with Gasteiger partial charge in [0.1, 0.15) is 15.9 Å².